The Labute approximate surface area is 129 Å². The fraction of sp³-hybridized carbons (Fsp3) is 0.467. The number of hydrogen-bond donors (Lipinski definition) is 2. The van der Waals surface area contributed by atoms with Gasteiger partial charge in [0, 0.05) is 19.2 Å². The third kappa shape index (κ3) is 5.83. The summed E-state index contributed by atoms with van der Waals surface area (Å²) in [6.45, 7) is 4.69. The molecule has 0 spiro atoms. The van der Waals surface area contributed by atoms with E-state index in [1.54, 1.807) is 24.3 Å². The minimum Gasteiger partial charge on any atom is -0.396 e. The van der Waals surface area contributed by atoms with Crippen LogP contribution in [-0.4, -0.2) is 47.6 Å². The van der Waals surface area contributed by atoms with Crippen LogP contribution in [0.3, 0.4) is 0 Å². The summed E-state index contributed by atoms with van der Waals surface area (Å²) in [4.78, 5) is 25.8. The summed E-state index contributed by atoms with van der Waals surface area (Å²) in [6.07, 6.45) is 0.587. The van der Waals surface area contributed by atoms with Gasteiger partial charge in [-0.15, -0.1) is 0 Å². The van der Waals surface area contributed by atoms with E-state index in [0.29, 0.717) is 18.0 Å². The van der Waals surface area contributed by atoms with Crippen LogP contribution >= 0.6 is 11.6 Å². The van der Waals surface area contributed by atoms with Crippen LogP contribution in [-0.2, 0) is 4.79 Å². The van der Waals surface area contributed by atoms with Crippen molar-refractivity contribution >= 4 is 23.4 Å². The number of halogens is 1. The Kier molecular flexibility index (Phi) is 7.36. The molecule has 0 aliphatic heterocycles. The van der Waals surface area contributed by atoms with Crippen LogP contribution in [0.15, 0.2) is 24.3 Å². The third-order valence-electron chi connectivity index (χ3n) is 3.05. The van der Waals surface area contributed by atoms with E-state index in [9.17, 15) is 9.59 Å². The highest BCUT2D eigenvalue weighted by Gasteiger charge is 2.17. The minimum absolute atomic E-state index is 0.0728. The van der Waals surface area contributed by atoms with Crippen LogP contribution in [0, 0.1) is 0 Å². The van der Waals surface area contributed by atoms with Crippen LogP contribution in [0.5, 0.6) is 0 Å². The van der Waals surface area contributed by atoms with Crippen molar-refractivity contribution in [3.8, 4) is 0 Å². The average Bonchev–Trinajstić information content (AvgIpc) is 2.43. The first-order valence-corrected chi connectivity index (χ1v) is 7.27. The summed E-state index contributed by atoms with van der Waals surface area (Å²) in [6, 6.07) is 6.72. The zero-order valence-corrected chi connectivity index (χ0v) is 13.1. The summed E-state index contributed by atoms with van der Waals surface area (Å²) >= 11 is 5.92. The second-order valence-corrected chi connectivity index (χ2v) is 5.41. The van der Waals surface area contributed by atoms with Gasteiger partial charge in [0.1, 0.15) is 0 Å². The lowest BCUT2D eigenvalue weighted by Gasteiger charge is -2.25. The average molecular weight is 313 g/mol. The van der Waals surface area contributed by atoms with Crippen LogP contribution in [0.1, 0.15) is 30.6 Å². The molecule has 1 aromatic rings. The predicted octanol–water partition coefficient (Wildman–Crippen LogP) is 1.69. The third-order valence-corrected chi connectivity index (χ3v) is 3.38. The molecule has 0 bridgehead atoms. The van der Waals surface area contributed by atoms with Crippen LogP contribution in [0.2, 0.25) is 5.02 Å². The lowest BCUT2D eigenvalue weighted by Crippen LogP contribution is -2.43. The molecule has 1 aromatic carbocycles. The minimum atomic E-state index is -0.503. The summed E-state index contributed by atoms with van der Waals surface area (Å²) in [7, 11) is 0. The van der Waals surface area contributed by atoms with Crippen molar-refractivity contribution in [2.24, 2.45) is 0 Å². The normalized spacial score (nSPS) is 11.0. The van der Waals surface area contributed by atoms with Crippen molar-refractivity contribution in [3.05, 3.63) is 34.9 Å². The second kappa shape index (κ2) is 8.77. The highest BCUT2D eigenvalue weighted by Crippen LogP contribution is 2.14. The molecule has 1 rings (SSSR count). The first-order chi connectivity index (χ1) is 9.95. The fourth-order valence-electron chi connectivity index (χ4n) is 1.86. The molecule has 0 atom stereocenters. The fourth-order valence-corrected chi connectivity index (χ4v) is 2.08. The SMILES string of the molecule is CC(C)N(CCCO)CC(=O)NC(=O)c1ccccc1Cl. The monoisotopic (exact) mass is 312 g/mol. The summed E-state index contributed by atoms with van der Waals surface area (Å²) < 4.78 is 0. The van der Waals surface area contributed by atoms with Gasteiger partial charge in [-0.25, -0.2) is 0 Å². The van der Waals surface area contributed by atoms with Crippen molar-refractivity contribution in [1.82, 2.24) is 10.2 Å². The van der Waals surface area contributed by atoms with Gasteiger partial charge in [-0.3, -0.25) is 19.8 Å². The largest absolute Gasteiger partial charge is 0.396 e. The summed E-state index contributed by atoms with van der Waals surface area (Å²) in [5, 5.41) is 11.5. The van der Waals surface area contributed by atoms with E-state index < -0.39 is 5.91 Å². The van der Waals surface area contributed by atoms with Gasteiger partial charge in [-0.2, -0.15) is 0 Å². The van der Waals surface area contributed by atoms with E-state index >= 15 is 0 Å². The number of aliphatic hydroxyl groups is 1. The Balaban J connectivity index is 2.60. The number of carbonyl (C=O) groups excluding carboxylic acids is 2. The highest BCUT2D eigenvalue weighted by atomic mass is 35.5. The number of carbonyl (C=O) groups is 2. The van der Waals surface area contributed by atoms with Gasteiger partial charge in [0.15, 0.2) is 0 Å². The van der Waals surface area contributed by atoms with E-state index in [0.717, 1.165) is 0 Å². The molecular formula is C15H21ClN2O3. The van der Waals surface area contributed by atoms with Crippen molar-refractivity contribution in [3.63, 3.8) is 0 Å². The zero-order valence-electron chi connectivity index (χ0n) is 12.3. The van der Waals surface area contributed by atoms with E-state index in [2.05, 4.69) is 5.32 Å². The van der Waals surface area contributed by atoms with Crippen molar-refractivity contribution < 1.29 is 14.7 Å². The van der Waals surface area contributed by atoms with Crippen molar-refractivity contribution in [2.45, 2.75) is 26.3 Å². The highest BCUT2D eigenvalue weighted by molar-refractivity contribution is 6.34. The van der Waals surface area contributed by atoms with Crippen LogP contribution in [0.4, 0.5) is 0 Å². The van der Waals surface area contributed by atoms with Gasteiger partial charge in [0.2, 0.25) is 5.91 Å². The Hall–Kier alpha value is -1.43. The molecule has 0 aliphatic carbocycles. The number of amides is 2. The topological polar surface area (TPSA) is 69.6 Å². The number of aliphatic hydroxyl groups excluding tert-OH is 1. The van der Waals surface area contributed by atoms with Gasteiger partial charge in [-0.05, 0) is 32.4 Å². The molecule has 0 unspecified atom stereocenters. The molecule has 0 heterocycles. The van der Waals surface area contributed by atoms with E-state index in [4.69, 9.17) is 16.7 Å². The summed E-state index contributed by atoms with van der Waals surface area (Å²) in [5.74, 6) is -0.886. The Morgan fingerprint density at radius 2 is 2.00 bits per heavy atom. The smallest absolute Gasteiger partial charge is 0.259 e. The maximum absolute atomic E-state index is 12.0. The number of nitrogens with one attached hydrogen (secondary N) is 1. The van der Waals surface area contributed by atoms with Gasteiger partial charge < -0.3 is 5.11 Å². The molecule has 2 amide bonds. The standard InChI is InChI=1S/C15H21ClN2O3/c1-11(2)18(8-5-9-19)10-14(20)17-15(21)12-6-3-4-7-13(12)16/h3-4,6-7,11,19H,5,8-10H2,1-2H3,(H,17,20,21). The van der Waals surface area contributed by atoms with E-state index in [1.807, 2.05) is 18.7 Å². The maximum atomic E-state index is 12.0. The molecule has 0 saturated carbocycles. The lowest BCUT2D eigenvalue weighted by atomic mass is 10.2. The van der Waals surface area contributed by atoms with Crippen molar-refractivity contribution in [2.75, 3.05) is 19.7 Å². The molecule has 116 valence electrons. The van der Waals surface area contributed by atoms with Gasteiger partial charge >= 0.3 is 0 Å². The quantitative estimate of drug-likeness (QED) is 0.804. The Bertz CT molecular complexity index is 492. The number of nitrogens with zero attached hydrogens (tertiary/aromatic N) is 1. The molecule has 21 heavy (non-hydrogen) atoms. The first kappa shape index (κ1) is 17.6. The predicted molar refractivity (Wildman–Crippen MR) is 82.3 cm³/mol. The van der Waals surface area contributed by atoms with Crippen molar-refractivity contribution in [1.29, 1.82) is 0 Å². The van der Waals surface area contributed by atoms with E-state index in [1.165, 1.54) is 0 Å². The van der Waals surface area contributed by atoms with Crippen LogP contribution < -0.4 is 5.32 Å². The van der Waals surface area contributed by atoms with Gasteiger partial charge in [0.25, 0.3) is 5.91 Å². The zero-order chi connectivity index (χ0) is 15.8. The first-order valence-electron chi connectivity index (χ1n) is 6.89. The lowest BCUT2D eigenvalue weighted by molar-refractivity contribution is -0.121. The van der Waals surface area contributed by atoms with Crippen LogP contribution in [0.25, 0.3) is 0 Å². The molecule has 0 aromatic heterocycles. The number of imide groups is 1. The summed E-state index contributed by atoms with van der Waals surface area (Å²) in [5.41, 5.74) is 0.277. The molecule has 0 saturated heterocycles. The number of rotatable bonds is 7. The maximum Gasteiger partial charge on any atom is 0.259 e. The Morgan fingerprint density at radius 1 is 1.33 bits per heavy atom. The molecule has 0 radical (unpaired) electrons. The van der Waals surface area contributed by atoms with Gasteiger partial charge in [-0.1, -0.05) is 23.7 Å². The van der Waals surface area contributed by atoms with E-state index in [-0.39, 0.29) is 30.7 Å². The molecule has 0 fully saturated rings. The molecule has 2 N–H and O–H groups in total. The van der Waals surface area contributed by atoms with Gasteiger partial charge in [0.05, 0.1) is 17.1 Å². The molecular weight excluding hydrogens is 292 g/mol. The molecule has 5 nitrogen and oxygen atoms in total. The Morgan fingerprint density at radius 3 is 2.57 bits per heavy atom. The number of hydrogen-bond acceptors (Lipinski definition) is 4. The molecule has 6 heteroatoms. The molecule has 0 aliphatic rings. The number of benzene rings is 1. The second-order valence-electron chi connectivity index (χ2n) is 5.00.